The first-order chi connectivity index (χ1) is 12.0. The second-order valence-corrected chi connectivity index (χ2v) is 6.10. The van der Waals surface area contributed by atoms with Gasteiger partial charge in [-0.15, -0.1) is 0 Å². The molecule has 3 rings (SSSR count). The van der Waals surface area contributed by atoms with E-state index in [4.69, 9.17) is 11.6 Å². The highest BCUT2D eigenvalue weighted by molar-refractivity contribution is 6.30. The van der Waals surface area contributed by atoms with Crippen LogP contribution in [0.25, 0.3) is 6.08 Å². The summed E-state index contributed by atoms with van der Waals surface area (Å²) >= 11 is 5.71. The van der Waals surface area contributed by atoms with Gasteiger partial charge < -0.3 is 10.2 Å². The minimum Gasteiger partial charge on any atom is -0.322 e. The molecule has 0 bridgehead atoms. The summed E-state index contributed by atoms with van der Waals surface area (Å²) in [5, 5.41) is 2.75. The maximum atomic E-state index is 13.1. The number of benzene rings is 2. The molecule has 1 N–H and O–H groups in total. The first kappa shape index (κ1) is 17.2. The fourth-order valence-corrected chi connectivity index (χ4v) is 2.83. The van der Waals surface area contributed by atoms with Gasteiger partial charge in [0.2, 0.25) is 11.8 Å². The van der Waals surface area contributed by atoms with Crippen molar-refractivity contribution in [2.24, 2.45) is 0 Å². The number of nitrogens with one attached hydrogen (secondary N) is 1. The lowest BCUT2D eigenvalue weighted by Crippen LogP contribution is -2.23. The Labute approximate surface area is 149 Å². The molecule has 1 aliphatic heterocycles. The Balaban J connectivity index is 1.67. The highest BCUT2D eigenvalue weighted by atomic mass is 35.5. The maximum absolute atomic E-state index is 13.1. The summed E-state index contributed by atoms with van der Waals surface area (Å²) in [4.78, 5) is 25.6. The van der Waals surface area contributed by atoms with Gasteiger partial charge in [0.25, 0.3) is 0 Å². The molecule has 2 amide bonds. The summed E-state index contributed by atoms with van der Waals surface area (Å²) in [5.74, 6) is -0.738. The Morgan fingerprint density at radius 2 is 2.08 bits per heavy atom. The van der Waals surface area contributed by atoms with E-state index < -0.39 is 5.82 Å². The van der Waals surface area contributed by atoms with Gasteiger partial charge in [-0.2, -0.15) is 0 Å². The largest absolute Gasteiger partial charge is 0.322 e. The van der Waals surface area contributed by atoms with Gasteiger partial charge in [0, 0.05) is 30.4 Å². The first-order valence-corrected chi connectivity index (χ1v) is 8.25. The predicted octanol–water partition coefficient (Wildman–Crippen LogP) is 4.26. The average molecular weight is 359 g/mol. The Bertz CT molecular complexity index is 851. The standard InChI is InChI=1S/C19H16ClFN2O2/c20-16-11-13(6-8-17(16)21)7-9-18(24)22-14-3-1-4-15(12-14)23-10-2-5-19(23)25/h1,3-4,6-9,11-12H,2,5,10H2,(H,22,24)/b9-7+. The van der Waals surface area contributed by atoms with Gasteiger partial charge in [-0.1, -0.05) is 23.7 Å². The minimum atomic E-state index is -0.503. The van der Waals surface area contributed by atoms with Crippen LogP contribution in [0.5, 0.6) is 0 Å². The number of hydrogen-bond acceptors (Lipinski definition) is 2. The zero-order valence-electron chi connectivity index (χ0n) is 13.3. The van der Waals surface area contributed by atoms with E-state index in [1.54, 1.807) is 29.2 Å². The van der Waals surface area contributed by atoms with Gasteiger partial charge in [-0.05, 0) is 48.4 Å². The molecule has 4 nitrogen and oxygen atoms in total. The molecular weight excluding hydrogens is 343 g/mol. The predicted molar refractivity (Wildman–Crippen MR) is 97.1 cm³/mol. The van der Waals surface area contributed by atoms with Crippen molar-refractivity contribution >= 4 is 40.9 Å². The summed E-state index contributed by atoms with van der Waals surface area (Å²) in [6, 6.07) is 11.4. The van der Waals surface area contributed by atoms with Crippen LogP contribution in [0.3, 0.4) is 0 Å². The third-order valence-electron chi connectivity index (χ3n) is 3.87. The van der Waals surface area contributed by atoms with Gasteiger partial charge >= 0.3 is 0 Å². The molecule has 128 valence electrons. The number of carbonyl (C=O) groups excluding carboxylic acids is 2. The molecule has 2 aromatic rings. The number of hydrogen-bond donors (Lipinski definition) is 1. The van der Waals surface area contributed by atoms with Crippen molar-refractivity contribution in [3.05, 3.63) is 64.9 Å². The van der Waals surface area contributed by atoms with E-state index in [-0.39, 0.29) is 16.8 Å². The molecule has 0 radical (unpaired) electrons. The molecule has 1 fully saturated rings. The van der Waals surface area contributed by atoms with E-state index in [2.05, 4.69) is 5.32 Å². The van der Waals surface area contributed by atoms with Crippen molar-refractivity contribution < 1.29 is 14.0 Å². The Morgan fingerprint density at radius 3 is 2.80 bits per heavy atom. The molecule has 1 aliphatic rings. The smallest absolute Gasteiger partial charge is 0.248 e. The molecule has 25 heavy (non-hydrogen) atoms. The van der Waals surface area contributed by atoms with Crippen LogP contribution in [0.1, 0.15) is 18.4 Å². The summed E-state index contributed by atoms with van der Waals surface area (Å²) < 4.78 is 13.1. The number of anilines is 2. The molecule has 0 saturated carbocycles. The lowest BCUT2D eigenvalue weighted by Gasteiger charge is -2.16. The van der Waals surface area contributed by atoms with Gasteiger partial charge in [0.05, 0.1) is 5.02 Å². The molecule has 0 aliphatic carbocycles. The lowest BCUT2D eigenvalue weighted by molar-refractivity contribution is -0.117. The van der Waals surface area contributed by atoms with E-state index in [0.29, 0.717) is 24.2 Å². The molecule has 0 aromatic heterocycles. The number of halogens is 2. The minimum absolute atomic E-state index is 0.00513. The van der Waals surface area contributed by atoms with Crippen LogP contribution >= 0.6 is 11.6 Å². The van der Waals surface area contributed by atoms with Crippen molar-refractivity contribution in [3.63, 3.8) is 0 Å². The summed E-state index contributed by atoms with van der Waals surface area (Å²) in [5.41, 5.74) is 2.00. The van der Waals surface area contributed by atoms with E-state index in [9.17, 15) is 14.0 Å². The fraction of sp³-hybridized carbons (Fsp3) is 0.158. The number of amides is 2. The molecule has 0 spiro atoms. The van der Waals surface area contributed by atoms with Crippen molar-refractivity contribution in [1.29, 1.82) is 0 Å². The second-order valence-electron chi connectivity index (χ2n) is 5.70. The molecule has 2 aromatic carbocycles. The van der Waals surface area contributed by atoms with Crippen molar-refractivity contribution in [2.75, 3.05) is 16.8 Å². The van der Waals surface area contributed by atoms with E-state index in [1.165, 1.54) is 24.3 Å². The second kappa shape index (κ2) is 7.49. The van der Waals surface area contributed by atoms with Gasteiger partial charge in [0.15, 0.2) is 0 Å². The molecule has 0 atom stereocenters. The summed E-state index contributed by atoms with van der Waals surface area (Å²) in [6.45, 7) is 0.696. The van der Waals surface area contributed by atoms with Crippen molar-refractivity contribution in [2.45, 2.75) is 12.8 Å². The number of nitrogens with zero attached hydrogens (tertiary/aromatic N) is 1. The van der Waals surface area contributed by atoms with E-state index in [1.807, 2.05) is 6.07 Å². The van der Waals surface area contributed by atoms with Gasteiger partial charge in [-0.25, -0.2) is 4.39 Å². The highest BCUT2D eigenvalue weighted by Crippen LogP contribution is 2.24. The first-order valence-electron chi connectivity index (χ1n) is 7.87. The van der Waals surface area contributed by atoms with Crippen LogP contribution in [0.4, 0.5) is 15.8 Å². The van der Waals surface area contributed by atoms with Crippen molar-refractivity contribution in [3.8, 4) is 0 Å². The molecule has 1 saturated heterocycles. The quantitative estimate of drug-likeness (QED) is 0.830. The van der Waals surface area contributed by atoms with Gasteiger partial charge in [-0.3, -0.25) is 9.59 Å². The van der Waals surface area contributed by atoms with Crippen LogP contribution in [0.2, 0.25) is 5.02 Å². The third kappa shape index (κ3) is 4.25. The van der Waals surface area contributed by atoms with Crippen LogP contribution in [-0.2, 0) is 9.59 Å². The number of carbonyl (C=O) groups is 2. The molecule has 1 heterocycles. The average Bonchev–Trinajstić information content (AvgIpc) is 3.02. The van der Waals surface area contributed by atoms with Crippen LogP contribution < -0.4 is 10.2 Å². The molecule has 0 unspecified atom stereocenters. The summed E-state index contributed by atoms with van der Waals surface area (Å²) in [7, 11) is 0. The van der Waals surface area contributed by atoms with E-state index >= 15 is 0 Å². The van der Waals surface area contributed by atoms with E-state index in [0.717, 1.165) is 12.1 Å². The topological polar surface area (TPSA) is 49.4 Å². The van der Waals surface area contributed by atoms with Crippen molar-refractivity contribution in [1.82, 2.24) is 0 Å². The van der Waals surface area contributed by atoms with Crippen LogP contribution in [-0.4, -0.2) is 18.4 Å². The normalized spacial score (nSPS) is 14.3. The van der Waals surface area contributed by atoms with Crippen LogP contribution in [0.15, 0.2) is 48.5 Å². The maximum Gasteiger partial charge on any atom is 0.248 e. The highest BCUT2D eigenvalue weighted by Gasteiger charge is 2.21. The monoisotopic (exact) mass is 358 g/mol. The van der Waals surface area contributed by atoms with Gasteiger partial charge in [0.1, 0.15) is 5.82 Å². The fourth-order valence-electron chi connectivity index (χ4n) is 2.64. The third-order valence-corrected chi connectivity index (χ3v) is 4.16. The molecule has 6 heteroatoms. The SMILES string of the molecule is O=C(/C=C/c1ccc(F)c(Cl)c1)Nc1cccc(N2CCCC2=O)c1. The Hall–Kier alpha value is -2.66. The zero-order valence-corrected chi connectivity index (χ0v) is 14.1. The lowest BCUT2D eigenvalue weighted by atomic mass is 10.2. The number of rotatable bonds is 4. The zero-order chi connectivity index (χ0) is 17.8. The Kier molecular flexibility index (Phi) is 5.14. The van der Waals surface area contributed by atoms with Crippen LogP contribution in [0, 0.1) is 5.82 Å². The molecular formula is C19H16ClFN2O2. The summed E-state index contributed by atoms with van der Waals surface area (Å²) in [6.07, 6.45) is 4.30. The Morgan fingerprint density at radius 1 is 1.24 bits per heavy atom.